The van der Waals surface area contributed by atoms with Crippen molar-refractivity contribution in [3.63, 3.8) is 0 Å². The second-order valence-corrected chi connectivity index (χ2v) is 5.98. The first kappa shape index (κ1) is 12.0. The SMILES string of the molecule is Clc1ccc(C2=NSN(c3ccccc3)S2)cc1. The molecule has 0 radical (unpaired) electrons. The Morgan fingerprint density at radius 1 is 0.944 bits per heavy atom. The minimum Gasteiger partial charge on any atom is -0.233 e. The molecule has 3 rings (SSSR count). The Hall–Kier alpha value is -1.10. The van der Waals surface area contributed by atoms with Gasteiger partial charge in [-0.2, -0.15) is 4.40 Å². The molecule has 0 spiro atoms. The summed E-state index contributed by atoms with van der Waals surface area (Å²) in [5.74, 6) is 0. The van der Waals surface area contributed by atoms with Crippen LogP contribution in [0.1, 0.15) is 5.56 Å². The van der Waals surface area contributed by atoms with Crippen LogP contribution >= 0.6 is 35.7 Å². The van der Waals surface area contributed by atoms with Crippen LogP contribution in [0.15, 0.2) is 59.0 Å². The third-order valence-corrected chi connectivity index (χ3v) is 4.72. The van der Waals surface area contributed by atoms with E-state index in [2.05, 4.69) is 20.2 Å². The second kappa shape index (κ2) is 5.26. The summed E-state index contributed by atoms with van der Waals surface area (Å²) >= 11 is 8.96. The van der Waals surface area contributed by atoms with Crippen LogP contribution in [0.2, 0.25) is 5.02 Å². The molecule has 0 fully saturated rings. The van der Waals surface area contributed by atoms with Gasteiger partial charge in [0.15, 0.2) is 0 Å². The quantitative estimate of drug-likeness (QED) is 0.738. The van der Waals surface area contributed by atoms with Crippen molar-refractivity contribution in [2.75, 3.05) is 3.71 Å². The van der Waals surface area contributed by atoms with Crippen molar-refractivity contribution in [1.29, 1.82) is 0 Å². The van der Waals surface area contributed by atoms with Crippen molar-refractivity contribution < 1.29 is 0 Å². The Morgan fingerprint density at radius 2 is 1.67 bits per heavy atom. The van der Waals surface area contributed by atoms with Crippen LogP contribution in [0.5, 0.6) is 0 Å². The van der Waals surface area contributed by atoms with Crippen molar-refractivity contribution in [2.24, 2.45) is 4.40 Å². The first-order valence-corrected chi connectivity index (χ1v) is 7.25. The lowest BCUT2D eigenvalue weighted by Crippen LogP contribution is -2.01. The maximum Gasteiger partial charge on any atom is 0.135 e. The van der Waals surface area contributed by atoms with E-state index >= 15 is 0 Å². The van der Waals surface area contributed by atoms with Crippen LogP contribution in [-0.4, -0.2) is 5.04 Å². The zero-order valence-corrected chi connectivity index (χ0v) is 11.7. The molecule has 0 atom stereocenters. The van der Waals surface area contributed by atoms with Gasteiger partial charge in [-0.15, -0.1) is 0 Å². The molecule has 0 bridgehead atoms. The maximum atomic E-state index is 5.88. The van der Waals surface area contributed by atoms with Gasteiger partial charge in [0.25, 0.3) is 0 Å². The van der Waals surface area contributed by atoms with Crippen molar-refractivity contribution in [3.8, 4) is 0 Å². The van der Waals surface area contributed by atoms with Crippen molar-refractivity contribution in [3.05, 3.63) is 65.2 Å². The number of hydrogen-bond acceptors (Lipinski definition) is 4. The number of hydrogen-bond donors (Lipinski definition) is 0. The lowest BCUT2D eigenvalue weighted by atomic mass is 10.2. The van der Waals surface area contributed by atoms with Crippen molar-refractivity contribution in [2.45, 2.75) is 0 Å². The zero-order valence-electron chi connectivity index (χ0n) is 9.29. The molecule has 2 aromatic rings. The molecule has 0 saturated carbocycles. The van der Waals surface area contributed by atoms with E-state index in [0.717, 1.165) is 21.3 Å². The lowest BCUT2D eigenvalue weighted by molar-refractivity contribution is 1.61. The molecule has 1 aliphatic heterocycles. The molecule has 1 heterocycles. The summed E-state index contributed by atoms with van der Waals surface area (Å²) in [5, 5.41) is 1.75. The first-order chi connectivity index (χ1) is 8.83. The summed E-state index contributed by atoms with van der Waals surface area (Å²) < 4.78 is 6.56. The summed E-state index contributed by atoms with van der Waals surface area (Å²) in [6.45, 7) is 0. The lowest BCUT2D eigenvalue weighted by Gasteiger charge is -2.12. The number of halogens is 1. The van der Waals surface area contributed by atoms with E-state index in [0.29, 0.717) is 0 Å². The molecular formula is C13H9ClN2S2. The molecule has 1 aliphatic rings. The Kier molecular flexibility index (Phi) is 3.50. The van der Waals surface area contributed by atoms with E-state index in [1.807, 2.05) is 42.5 Å². The van der Waals surface area contributed by atoms with Gasteiger partial charge in [0, 0.05) is 22.5 Å². The Balaban J connectivity index is 1.77. The predicted molar refractivity (Wildman–Crippen MR) is 82.1 cm³/mol. The molecule has 90 valence electrons. The predicted octanol–water partition coefficient (Wildman–Crippen LogP) is 4.82. The molecular weight excluding hydrogens is 284 g/mol. The molecule has 2 nitrogen and oxygen atoms in total. The second-order valence-electron chi connectivity index (χ2n) is 3.67. The molecule has 0 N–H and O–H groups in total. The number of para-hydroxylation sites is 1. The highest BCUT2D eigenvalue weighted by atomic mass is 35.5. The Bertz CT molecular complexity index is 569. The zero-order chi connectivity index (χ0) is 12.4. The van der Waals surface area contributed by atoms with Crippen LogP contribution in [-0.2, 0) is 0 Å². The van der Waals surface area contributed by atoms with E-state index in [9.17, 15) is 0 Å². The summed E-state index contributed by atoms with van der Waals surface area (Å²) in [4.78, 5) is 0. The van der Waals surface area contributed by atoms with Gasteiger partial charge in [-0.05, 0) is 24.3 Å². The van der Waals surface area contributed by atoms with E-state index < -0.39 is 0 Å². The molecule has 0 aromatic heterocycles. The van der Waals surface area contributed by atoms with Crippen LogP contribution < -0.4 is 3.71 Å². The number of rotatable bonds is 2. The average molecular weight is 293 g/mol. The molecule has 0 saturated heterocycles. The van der Waals surface area contributed by atoms with Gasteiger partial charge in [-0.3, -0.25) is 0 Å². The van der Waals surface area contributed by atoms with Gasteiger partial charge in [0.05, 0.1) is 5.69 Å². The minimum absolute atomic E-state index is 0.745. The fraction of sp³-hybridized carbons (Fsp3) is 0. The topological polar surface area (TPSA) is 15.6 Å². The fourth-order valence-corrected chi connectivity index (χ4v) is 3.43. The van der Waals surface area contributed by atoms with Gasteiger partial charge in [0.2, 0.25) is 0 Å². The highest BCUT2D eigenvalue weighted by Crippen LogP contribution is 2.39. The molecule has 0 unspecified atom stereocenters. The minimum atomic E-state index is 0.745. The molecule has 5 heteroatoms. The number of benzene rings is 2. The van der Waals surface area contributed by atoms with Gasteiger partial charge < -0.3 is 0 Å². The number of anilines is 1. The van der Waals surface area contributed by atoms with Crippen LogP contribution in [0.25, 0.3) is 0 Å². The van der Waals surface area contributed by atoms with Crippen LogP contribution in [0.4, 0.5) is 5.69 Å². The highest BCUT2D eigenvalue weighted by molar-refractivity contribution is 8.29. The van der Waals surface area contributed by atoms with E-state index in [-0.39, 0.29) is 0 Å². The van der Waals surface area contributed by atoms with E-state index in [1.165, 1.54) is 12.1 Å². The van der Waals surface area contributed by atoms with Gasteiger partial charge >= 0.3 is 0 Å². The highest BCUT2D eigenvalue weighted by Gasteiger charge is 2.20. The monoisotopic (exact) mass is 292 g/mol. The summed E-state index contributed by atoms with van der Waals surface area (Å²) in [6, 6.07) is 17.9. The maximum absolute atomic E-state index is 5.88. The van der Waals surface area contributed by atoms with Crippen molar-refractivity contribution >= 4 is 46.4 Å². The number of nitrogens with zero attached hydrogens (tertiary/aromatic N) is 2. The summed E-state index contributed by atoms with van der Waals surface area (Å²) in [6.07, 6.45) is 0. The third kappa shape index (κ3) is 2.51. The molecule has 18 heavy (non-hydrogen) atoms. The van der Waals surface area contributed by atoms with E-state index in [1.54, 1.807) is 11.9 Å². The van der Waals surface area contributed by atoms with Gasteiger partial charge in [0.1, 0.15) is 17.2 Å². The van der Waals surface area contributed by atoms with Crippen LogP contribution in [0, 0.1) is 0 Å². The largest absolute Gasteiger partial charge is 0.233 e. The normalized spacial score (nSPS) is 14.7. The average Bonchev–Trinajstić information content (AvgIpc) is 2.90. The van der Waals surface area contributed by atoms with Crippen LogP contribution in [0.3, 0.4) is 0 Å². The Labute approximate surface area is 119 Å². The molecule has 0 aliphatic carbocycles. The smallest absolute Gasteiger partial charge is 0.135 e. The Morgan fingerprint density at radius 3 is 2.39 bits per heavy atom. The molecule has 2 aromatic carbocycles. The fourth-order valence-electron chi connectivity index (χ4n) is 1.53. The van der Waals surface area contributed by atoms with Crippen molar-refractivity contribution in [1.82, 2.24) is 0 Å². The third-order valence-electron chi connectivity index (χ3n) is 2.43. The standard InChI is InChI=1S/C13H9ClN2S2/c14-11-8-6-10(7-9-11)13-15-18-16(17-13)12-4-2-1-3-5-12/h1-9H. The summed E-state index contributed by atoms with van der Waals surface area (Å²) in [5.41, 5.74) is 2.23. The van der Waals surface area contributed by atoms with Gasteiger partial charge in [-0.1, -0.05) is 41.9 Å². The molecule has 0 amide bonds. The van der Waals surface area contributed by atoms with Gasteiger partial charge in [-0.25, -0.2) is 3.71 Å². The van der Waals surface area contributed by atoms with E-state index in [4.69, 9.17) is 11.6 Å². The summed E-state index contributed by atoms with van der Waals surface area (Å²) in [7, 11) is 0. The first-order valence-electron chi connectivity index (χ1n) is 5.37.